The van der Waals surface area contributed by atoms with E-state index in [4.69, 9.17) is 10.2 Å². The third-order valence-electron chi connectivity index (χ3n) is 1.16. The summed E-state index contributed by atoms with van der Waals surface area (Å²) in [6.07, 6.45) is 1.18. The molecule has 5 heteroatoms. The first-order valence-electron chi connectivity index (χ1n) is 2.96. The predicted molar refractivity (Wildman–Crippen MR) is 37.0 cm³/mol. The van der Waals surface area contributed by atoms with E-state index in [1.807, 2.05) is 0 Å². The van der Waals surface area contributed by atoms with Gasteiger partial charge in [-0.15, -0.1) is 0 Å². The van der Waals surface area contributed by atoms with E-state index in [0.29, 0.717) is 0 Å². The second-order valence-corrected chi connectivity index (χ2v) is 1.92. The van der Waals surface area contributed by atoms with E-state index in [2.05, 4.69) is 11.1 Å². The van der Waals surface area contributed by atoms with Crippen molar-refractivity contribution in [2.24, 2.45) is 0 Å². The molecule has 0 aliphatic rings. The Balaban J connectivity index is 3.27. The molecule has 0 fully saturated rings. The second kappa shape index (κ2) is 3.00. The number of pyridine rings is 1. The molecular weight excluding hydrogens is 162 g/mol. The fourth-order valence-electron chi connectivity index (χ4n) is 0.690. The van der Waals surface area contributed by atoms with Crippen LogP contribution in [-0.4, -0.2) is 27.1 Å². The molecule has 0 aromatic carbocycles. The number of rotatable bonds is 2. The summed E-state index contributed by atoms with van der Waals surface area (Å²) < 4.78 is 0. The highest BCUT2D eigenvalue weighted by molar-refractivity contribution is 5.99. The summed E-state index contributed by atoms with van der Waals surface area (Å²) in [5.74, 6) is -2.72. The molecule has 1 aromatic heterocycles. The lowest BCUT2D eigenvalue weighted by Gasteiger charge is -1.96. The number of nitrogens with zero attached hydrogens (tertiary/aromatic N) is 1. The third-order valence-corrected chi connectivity index (χ3v) is 1.16. The van der Waals surface area contributed by atoms with Crippen molar-refractivity contribution in [1.82, 2.24) is 4.98 Å². The Morgan fingerprint density at radius 1 is 1.33 bits per heavy atom. The van der Waals surface area contributed by atoms with Gasteiger partial charge in [0.1, 0.15) is 5.56 Å². The molecule has 5 nitrogen and oxygen atoms in total. The van der Waals surface area contributed by atoms with Gasteiger partial charge >= 0.3 is 11.9 Å². The van der Waals surface area contributed by atoms with E-state index in [1.54, 1.807) is 0 Å². The smallest absolute Gasteiger partial charge is 0.355 e. The SMILES string of the molecule is O=C(O)c1[c]ccnc1C(=O)O. The Bertz CT molecular complexity index is 301. The second-order valence-electron chi connectivity index (χ2n) is 1.92. The molecule has 1 radical (unpaired) electrons. The zero-order valence-electron chi connectivity index (χ0n) is 5.81. The average Bonchev–Trinajstić information content (AvgIpc) is 2.04. The Hall–Kier alpha value is -1.91. The number of aromatic nitrogens is 1. The Labute approximate surface area is 67.3 Å². The van der Waals surface area contributed by atoms with Crippen LogP contribution >= 0.6 is 0 Å². The minimum atomic E-state index is -1.37. The summed E-state index contributed by atoms with van der Waals surface area (Å²) in [6.45, 7) is 0. The van der Waals surface area contributed by atoms with Crippen LogP contribution in [0, 0.1) is 6.07 Å². The van der Waals surface area contributed by atoms with Gasteiger partial charge in [-0.3, -0.25) is 0 Å². The van der Waals surface area contributed by atoms with Crippen LogP contribution in [0.3, 0.4) is 0 Å². The van der Waals surface area contributed by atoms with Gasteiger partial charge in [0.2, 0.25) is 0 Å². The molecule has 0 atom stereocenters. The topological polar surface area (TPSA) is 87.5 Å². The summed E-state index contributed by atoms with van der Waals surface area (Å²) in [7, 11) is 0. The van der Waals surface area contributed by atoms with E-state index in [0.717, 1.165) is 0 Å². The van der Waals surface area contributed by atoms with Gasteiger partial charge in [-0.2, -0.15) is 0 Å². The molecule has 0 bridgehead atoms. The number of carboxylic acids is 2. The molecule has 1 rings (SSSR count). The largest absolute Gasteiger partial charge is 0.478 e. The highest BCUT2D eigenvalue weighted by Gasteiger charge is 2.16. The van der Waals surface area contributed by atoms with Gasteiger partial charge in [0.15, 0.2) is 5.69 Å². The van der Waals surface area contributed by atoms with Crippen molar-refractivity contribution in [2.45, 2.75) is 0 Å². The lowest BCUT2D eigenvalue weighted by atomic mass is 10.2. The molecule has 61 valence electrons. The minimum absolute atomic E-state index is 0.426. The Morgan fingerprint density at radius 3 is 2.42 bits per heavy atom. The lowest BCUT2D eigenvalue weighted by Crippen LogP contribution is -2.09. The Kier molecular flexibility index (Phi) is 2.05. The highest BCUT2D eigenvalue weighted by Crippen LogP contribution is 2.03. The van der Waals surface area contributed by atoms with Crippen molar-refractivity contribution in [3.8, 4) is 0 Å². The van der Waals surface area contributed by atoms with Gasteiger partial charge in [-0.1, -0.05) is 0 Å². The van der Waals surface area contributed by atoms with Gasteiger partial charge in [-0.25, -0.2) is 14.6 Å². The number of hydrogen-bond donors (Lipinski definition) is 2. The van der Waals surface area contributed by atoms with Crippen molar-refractivity contribution >= 4 is 11.9 Å². The molecule has 0 saturated heterocycles. The summed E-state index contributed by atoms with van der Waals surface area (Å²) in [5.41, 5.74) is -0.921. The summed E-state index contributed by atoms with van der Waals surface area (Å²) in [6, 6.07) is 3.52. The first-order chi connectivity index (χ1) is 5.63. The van der Waals surface area contributed by atoms with E-state index in [1.165, 1.54) is 12.3 Å². The van der Waals surface area contributed by atoms with E-state index in [-0.39, 0.29) is 0 Å². The normalized spacial score (nSPS) is 9.33. The number of hydrogen-bond acceptors (Lipinski definition) is 3. The molecule has 0 aliphatic heterocycles. The first-order valence-corrected chi connectivity index (χ1v) is 2.96. The van der Waals surface area contributed by atoms with E-state index >= 15 is 0 Å². The quantitative estimate of drug-likeness (QED) is 0.658. The highest BCUT2D eigenvalue weighted by atomic mass is 16.4. The number of carbonyl (C=O) groups is 2. The molecule has 1 aromatic rings. The van der Waals surface area contributed by atoms with Crippen molar-refractivity contribution in [3.63, 3.8) is 0 Å². The minimum Gasteiger partial charge on any atom is -0.478 e. The fourth-order valence-corrected chi connectivity index (χ4v) is 0.690. The summed E-state index contributed by atoms with van der Waals surface area (Å²) >= 11 is 0. The number of aromatic carboxylic acids is 2. The standard InChI is InChI=1S/C7H4NO4/c9-6(10)4-2-1-3-8-5(4)7(11)12/h1,3H,(H,9,10)(H,11,12). The zero-order chi connectivity index (χ0) is 9.14. The predicted octanol–water partition coefficient (Wildman–Crippen LogP) is 0.278. The van der Waals surface area contributed by atoms with Crippen molar-refractivity contribution in [3.05, 3.63) is 29.6 Å². The average molecular weight is 166 g/mol. The van der Waals surface area contributed by atoms with Crippen LogP contribution in [0.4, 0.5) is 0 Å². The van der Waals surface area contributed by atoms with Crippen LogP contribution in [0.1, 0.15) is 20.8 Å². The van der Waals surface area contributed by atoms with Crippen LogP contribution in [0.2, 0.25) is 0 Å². The molecule has 0 saturated carbocycles. The molecular formula is C7H4NO4. The maximum atomic E-state index is 10.4. The molecule has 12 heavy (non-hydrogen) atoms. The van der Waals surface area contributed by atoms with Crippen LogP contribution in [-0.2, 0) is 0 Å². The van der Waals surface area contributed by atoms with Gasteiger partial charge in [0, 0.05) is 12.3 Å². The van der Waals surface area contributed by atoms with Crippen LogP contribution in [0.25, 0.3) is 0 Å². The maximum Gasteiger partial charge on any atom is 0.355 e. The van der Waals surface area contributed by atoms with Crippen LogP contribution in [0.15, 0.2) is 12.3 Å². The molecule has 0 spiro atoms. The van der Waals surface area contributed by atoms with Crippen molar-refractivity contribution < 1.29 is 19.8 Å². The van der Waals surface area contributed by atoms with Crippen LogP contribution < -0.4 is 0 Å². The Morgan fingerprint density at radius 2 is 2.00 bits per heavy atom. The van der Waals surface area contributed by atoms with E-state index < -0.39 is 23.2 Å². The molecule has 2 N–H and O–H groups in total. The van der Waals surface area contributed by atoms with E-state index in [9.17, 15) is 9.59 Å². The monoisotopic (exact) mass is 166 g/mol. The summed E-state index contributed by atoms with van der Waals surface area (Å²) in [4.78, 5) is 24.2. The van der Waals surface area contributed by atoms with Crippen molar-refractivity contribution in [2.75, 3.05) is 0 Å². The third kappa shape index (κ3) is 1.39. The fraction of sp³-hybridized carbons (Fsp3) is 0. The summed E-state index contributed by atoms with van der Waals surface area (Å²) in [5, 5.41) is 16.9. The van der Waals surface area contributed by atoms with Gasteiger partial charge < -0.3 is 10.2 Å². The van der Waals surface area contributed by atoms with Crippen LogP contribution in [0.5, 0.6) is 0 Å². The van der Waals surface area contributed by atoms with Crippen molar-refractivity contribution in [1.29, 1.82) is 0 Å². The zero-order valence-corrected chi connectivity index (χ0v) is 5.81. The molecule has 1 heterocycles. The van der Waals surface area contributed by atoms with Gasteiger partial charge in [0.25, 0.3) is 0 Å². The van der Waals surface area contributed by atoms with Gasteiger partial charge in [0.05, 0.1) is 0 Å². The molecule has 0 amide bonds. The first kappa shape index (κ1) is 8.19. The lowest BCUT2D eigenvalue weighted by molar-refractivity contribution is 0.0646. The van der Waals surface area contributed by atoms with Gasteiger partial charge in [-0.05, 0) is 6.07 Å². The molecule has 0 unspecified atom stereocenters. The molecule has 0 aliphatic carbocycles. The maximum absolute atomic E-state index is 10.4. The number of carboxylic acid groups (broad SMARTS) is 2.